The molecule has 0 amide bonds. The van der Waals surface area contributed by atoms with Gasteiger partial charge < -0.3 is 10.2 Å². The van der Waals surface area contributed by atoms with E-state index in [0.717, 1.165) is 19.6 Å². The first-order chi connectivity index (χ1) is 12.8. The number of carbonyl (C=O) groups is 2. The van der Waals surface area contributed by atoms with Crippen molar-refractivity contribution in [3.05, 3.63) is 35.4 Å². The molecular weight excluding hydrogens is 346 g/mol. The highest BCUT2D eigenvalue weighted by Crippen LogP contribution is 2.16. The fourth-order valence-corrected chi connectivity index (χ4v) is 3.31. The molecular formula is C20H31N3O4. The van der Waals surface area contributed by atoms with Crippen LogP contribution in [-0.4, -0.2) is 89.2 Å². The summed E-state index contributed by atoms with van der Waals surface area (Å²) in [6.45, 7) is 9.08. The Morgan fingerprint density at radius 3 is 1.59 bits per heavy atom. The molecule has 1 aromatic carbocycles. The number of carboxylic acid groups (broad SMARTS) is 2. The van der Waals surface area contributed by atoms with Gasteiger partial charge in [0.25, 0.3) is 0 Å². The quantitative estimate of drug-likeness (QED) is 0.743. The van der Waals surface area contributed by atoms with Gasteiger partial charge in [0.05, 0.1) is 13.1 Å². The molecule has 0 radical (unpaired) electrons. The largest absolute Gasteiger partial charge is 0.480 e. The first-order valence-corrected chi connectivity index (χ1v) is 9.53. The third-order valence-electron chi connectivity index (χ3n) is 4.97. The molecule has 1 heterocycles. The number of rotatable bonds is 7. The van der Waals surface area contributed by atoms with E-state index in [9.17, 15) is 9.59 Å². The Bertz CT molecular complexity index is 590. The SMILES string of the molecule is CC(C)c1ccc(CN2CCN(CC(=O)O)CCN(CC(=O)O)CC2)cc1. The fourth-order valence-electron chi connectivity index (χ4n) is 3.31. The molecule has 0 spiro atoms. The van der Waals surface area contributed by atoms with E-state index in [1.165, 1.54) is 11.1 Å². The summed E-state index contributed by atoms with van der Waals surface area (Å²) in [5.41, 5.74) is 2.52. The molecule has 7 heteroatoms. The topological polar surface area (TPSA) is 84.3 Å². The first kappa shape index (κ1) is 21.3. The van der Waals surface area contributed by atoms with Crippen molar-refractivity contribution in [1.29, 1.82) is 0 Å². The van der Waals surface area contributed by atoms with Gasteiger partial charge in [-0.2, -0.15) is 0 Å². The maximum Gasteiger partial charge on any atom is 0.317 e. The molecule has 1 fully saturated rings. The highest BCUT2D eigenvalue weighted by Gasteiger charge is 2.19. The second kappa shape index (κ2) is 10.4. The zero-order valence-corrected chi connectivity index (χ0v) is 16.3. The van der Waals surface area contributed by atoms with Gasteiger partial charge in [-0.3, -0.25) is 24.3 Å². The van der Waals surface area contributed by atoms with E-state index < -0.39 is 11.9 Å². The molecule has 1 saturated heterocycles. The molecule has 0 aromatic heterocycles. The van der Waals surface area contributed by atoms with Crippen molar-refractivity contribution in [2.45, 2.75) is 26.3 Å². The highest BCUT2D eigenvalue weighted by molar-refractivity contribution is 5.69. The molecule has 27 heavy (non-hydrogen) atoms. The smallest absolute Gasteiger partial charge is 0.317 e. The molecule has 1 aliphatic rings. The van der Waals surface area contributed by atoms with E-state index in [1.54, 1.807) is 0 Å². The molecule has 150 valence electrons. The van der Waals surface area contributed by atoms with E-state index in [-0.39, 0.29) is 13.1 Å². The summed E-state index contributed by atoms with van der Waals surface area (Å²) in [7, 11) is 0. The van der Waals surface area contributed by atoms with Gasteiger partial charge in [0.2, 0.25) is 0 Å². The van der Waals surface area contributed by atoms with Crippen LogP contribution in [0, 0.1) is 0 Å². The van der Waals surface area contributed by atoms with Gasteiger partial charge in [0.15, 0.2) is 0 Å². The number of hydrogen-bond acceptors (Lipinski definition) is 5. The monoisotopic (exact) mass is 377 g/mol. The van der Waals surface area contributed by atoms with Crippen LogP contribution in [0.5, 0.6) is 0 Å². The van der Waals surface area contributed by atoms with E-state index >= 15 is 0 Å². The second-order valence-electron chi connectivity index (χ2n) is 7.51. The summed E-state index contributed by atoms with van der Waals surface area (Å²) in [5, 5.41) is 18.2. The minimum atomic E-state index is -0.852. The average Bonchev–Trinajstić information content (AvgIpc) is 2.68. The lowest BCUT2D eigenvalue weighted by Crippen LogP contribution is -2.40. The van der Waals surface area contributed by atoms with Crippen LogP contribution in [0.25, 0.3) is 0 Å². The summed E-state index contributed by atoms with van der Waals surface area (Å²) >= 11 is 0. The molecule has 0 bridgehead atoms. The predicted molar refractivity (Wildman–Crippen MR) is 104 cm³/mol. The number of carboxylic acids is 2. The normalized spacial score (nSPS) is 18.0. The molecule has 1 aliphatic heterocycles. The molecule has 0 aliphatic carbocycles. The van der Waals surface area contributed by atoms with Gasteiger partial charge in [-0.15, -0.1) is 0 Å². The second-order valence-corrected chi connectivity index (χ2v) is 7.51. The lowest BCUT2D eigenvalue weighted by molar-refractivity contribution is -0.140. The maximum atomic E-state index is 11.1. The summed E-state index contributed by atoms with van der Waals surface area (Å²) in [5.74, 6) is -1.21. The van der Waals surface area contributed by atoms with E-state index in [1.807, 2.05) is 9.80 Å². The average molecular weight is 377 g/mol. The van der Waals surface area contributed by atoms with Crippen LogP contribution in [0.4, 0.5) is 0 Å². The molecule has 0 saturated carbocycles. The Morgan fingerprint density at radius 1 is 0.815 bits per heavy atom. The molecule has 7 nitrogen and oxygen atoms in total. The van der Waals surface area contributed by atoms with Crippen LogP contribution in [0.1, 0.15) is 30.9 Å². The van der Waals surface area contributed by atoms with Crippen LogP contribution < -0.4 is 0 Å². The van der Waals surface area contributed by atoms with Crippen molar-refractivity contribution in [2.75, 3.05) is 52.4 Å². The van der Waals surface area contributed by atoms with Gasteiger partial charge in [0.1, 0.15) is 0 Å². The lowest BCUT2D eigenvalue weighted by atomic mass is 10.0. The number of hydrogen-bond donors (Lipinski definition) is 2. The number of aliphatic carboxylic acids is 2. The standard InChI is InChI=1S/C20H31N3O4/c1-16(2)18-5-3-17(4-6-18)13-21-7-9-22(14-19(24)25)11-12-23(10-8-21)15-20(26)27/h3-6,16H,7-15H2,1-2H3,(H,24,25)(H,26,27). The molecule has 2 rings (SSSR count). The van der Waals surface area contributed by atoms with Crippen LogP contribution in [0.3, 0.4) is 0 Å². The lowest BCUT2D eigenvalue weighted by Gasteiger charge is -2.25. The Kier molecular flexibility index (Phi) is 8.22. The van der Waals surface area contributed by atoms with Crippen LogP contribution in [-0.2, 0) is 16.1 Å². The van der Waals surface area contributed by atoms with Gasteiger partial charge in [-0.1, -0.05) is 38.1 Å². The van der Waals surface area contributed by atoms with Crippen LogP contribution in [0.15, 0.2) is 24.3 Å². The van der Waals surface area contributed by atoms with Crippen LogP contribution >= 0.6 is 0 Å². The van der Waals surface area contributed by atoms with Crippen molar-refractivity contribution in [3.63, 3.8) is 0 Å². The molecule has 0 atom stereocenters. The van der Waals surface area contributed by atoms with Gasteiger partial charge in [0, 0.05) is 45.8 Å². The predicted octanol–water partition coefficient (Wildman–Crippen LogP) is 1.40. The molecule has 0 unspecified atom stereocenters. The zero-order valence-electron chi connectivity index (χ0n) is 16.3. The molecule has 1 aromatic rings. The Morgan fingerprint density at radius 2 is 1.22 bits per heavy atom. The van der Waals surface area contributed by atoms with E-state index in [2.05, 4.69) is 43.0 Å². The number of nitrogens with zero attached hydrogens (tertiary/aromatic N) is 3. The van der Waals surface area contributed by atoms with E-state index in [0.29, 0.717) is 32.1 Å². The van der Waals surface area contributed by atoms with Gasteiger partial charge in [-0.25, -0.2) is 0 Å². The summed E-state index contributed by atoms with van der Waals surface area (Å²) in [6, 6.07) is 8.60. The minimum absolute atomic E-state index is 0.0160. The third-order valence-corrected chi connectivity index (χ3v) is 4.97. The maximum absolute atomic E-state index is 11.1. The fraction of sp³-hybridized carbons (Fsp3) is 0.600. The number of benzene rings is 1. The first-order valence-electron chi connectivity index (χ1n) is 9.53. The third kappa shape index (κ3) is 7.66. The Balaban J connectivity index is 2.04. The molecule has 2 N–H and O–H groups in total. The van der Waals surface area contributed by atoms with Gasteiger partial charge >= 0.3 is 11.9 Å². The van der Waals surface area contributed by atoms with Crippen molar-refractivity contribution in [1.82, 2.24) is 14.7 Å². The van der Waals surface area contributed by atoms with Crippen molar-refractivity contribution < 1.29 is 19.8 Å². The Labute approximate surface area is 161 Å². The zero-order chi connectivity index (χ0) is 19.8. The van der Waals surface area contributed by atoms with Gasteiger partial charge in [-0.05, 0) is 17.0 Å². The summed E-state index contributed by atoms with van der Waals surface area (Å²) in [4.78, 5) is 28.3. The van der Waals surface area contributed by atoms with Crippen molar-refractivity contribution >= 4 is 11.9 Å². The minimum Gasteiger partial charge on any atom is -0.480 e. The summed E-state index contributed by atoms with van der Waals surface area (Å²) in [6.07, 6.45) is 0. The van der Waals surface area contributed by atoms with E-state index in [4.69, 9.17) is 10.2 Å². The van der Waals surface area contributed by atoms with Crippen LogP contribution in [0.2, 0.25) is 0 Å². The summed E-state index contributed by atoms with van der Waals surface area (Å²) < 4.78 is 0. The Hall–Kier alpha value is -1.96. The van der Waals surface area contributed by atoms with Crippen molar-refractivity contribution in [2.24, 2.45) is 0 Å². The highest BCUT2D eigenvalue weighted by atomic mass is 16.4. The van der Waals surface area contributed by atoms with Crippen molar-refractivity contribution in [3.8, 4) is 0 Å².